The second-order valence-electron chi connectivity index (χ2n) is 6.69. The zero-order chi connectivity index (χ0) is 18.3. The van der Waals surface area contributed by atoms with Crippen LogP contribution in [0.15, 0.2) is 36.4 Å². The number of halogens is 1. The van der Waals surface area contributed by atoms with E-state index in [4.69, 9.17) is 27.5 Å². The van der Waals surface area contributed by atoms with Gasteiger partial charge in [0.1, 0.15) is 5.84 Å². The van der Waals surface area contributed by atoms with Crippen molar-refractivity contribution in [2.75, 3.05) is 0 Å². The van der Waals surface area contributed by atoms with Crippen LogP contribution >= 0.6 is 11.6 Å². The van der Waals surface area contributed by atoms with E-state index in [9.17, 15) is 5.11 Å². The van der Waals surface area contributed by atoms with E-state index in [-0.39, 0.29) is 17.7 Å². The first-order valence-corrected chi connectivity index (χ1v) is 9.06. The summed E-state index contributed by atoms with van der Waals surface area (Å²) < 4.78 is 5.98. The van der Waals surface area contributed by atoms with Crippen molar-refractivity contribution in [1.29, 1.82) is 5.41 Å². The molecule has 0 saturated heterocycles. The molecule has 26 heavy (non-hydrogen) atoms. The Bertz CT molecular complexity index is 990. The number of hydrogen-bond donors (Lipinski definition) is 4. The molecule has 1 aliphatic carbocycles. The molecule has 1 heterocycles. The largest absolute Gasteiger partial charge is 0.504 e. The number of ether oxygens (including phenoxy) is 1. The number of fused-ring (bicyclic) bond motifs is 1. The van der Waals surface area contributed by atoms with Gasteiger partial charge in [-0.05, 0) is 56.0 Å². The number of rotatable bonds is 4. The number of aromatic hydroxyl groups is 1. The molecule has 4 rings (SSSR count). The highest BCUT2D eigenvalue weighted by atomic mass is 35.5. The molecule has 0 unspecified atom stereocenters. The molecule has 5 N–H and O–H groups in total. The summed E-state index contributed by atoms with van der Waals surface area (Å²) in [6, 6.07) is 10.9. The number of para-hydroxylation sites is 1. The summed E-state index contributed by atoms with van der Waals surface area (Å²) >= 11 is 6.19. The lowest BCUT2D eigenvalue weighted by Gasteiger charge is -2.15. The molecule has 0 atom stereocenters. The Kier molecular flexibility index (Phi) is 4.24. The predicted molar refractivity (Wildman–Crippen MR) is 104 cm³/mol. The molecule has 0 spiro atoms. The average Bonchev–Trinajstić information content (AvgIpc) is 3.24. The summed E-state index contributed by atoms with van der Waals surface area (Å²) in [6.07, 6.45) is 4.58. The van der Waals surface area contributed by atoms with Gasteiger partial charge in [0.25, 0.3) is 0 Å². The fourth-order valence-electron chi connectivity index (χ4n) is 3.53. The number of aromatic amines is 1. The molecule has 6 heteroatoms. The van der Waals surface area contributed by atoms with Crippen molar-refractivity contribution in [3.63, 3.8) is 0 Å². The molecule has 1 aromatic heterocycles. The first kappa shape index (κ1) is 16.8. The molecule has 5 nitrogen and oxygen atoms in total. The van der Waals surface area contributed by atoms with Crippen molar-refractivity contribution < 1.29 is 9.84 Å². The number of nitrogen functional groups attached to an aromatic ring is 1. The van der Waals surface area contributed by atoms with Crippen molar-refractivity contribution in [3.8, 4) is 22.8 Å². The Labute approximate surface area is 156 Å². The van der Waals surface area contributed by atoms with Crippen LogP contribution < -0.4 is 10.5 Å². The van der Waals surface area contributed by atoms with Crippen LogP contribution in [-0.2, 0) is 0 Å². The molecule has 2 aromatic carbocycles. The number of aromatic nitrogens is 1. The van der Waals surface area contributed by atoms with Gasteiger partial charge in [0.15, 0.2) is 11.5 Å². The third-order valence-corrected chi connectivity index (χ3v) is 5.20. The lowest BCUT2D eigenvalue weighted by atomic mass is 10.1. The monoisotopic (exact) mass is 369 g/mol. The fraction of sp³-hybridized carbons (Fsp3) is 0.250. The van der Waals surface area contributed by atoms with Gasteiger partial charge in [0.2, 0.25) is 0 Å². The Morgan fingerprint density at radius 1 is 1.23 bits per heavy atom. The molecule has 3 aromatic rings. The lowest BCUT2D eigenvalue weighted by Crippen LogP contribution is -2.11. The van der Waals surface area contributed by atoms with Crippen LogP contribution in [0.2, 0.25) is 5.02 Å². The first-order valence-electron chi connectivity index (χ1n) is 8.68. The maximum Gasteiger partial charge on any atom is 0.167 e. The van der Waals surface area contributed by atoms with E-state index < -0.39 is 0 Å². The van der Waals surface area contributed by atoms with Crippen molar-refractivity contribution in [3.05, 3.63) is 47.0 Å². The maximum atomic E-state index is 10.7. The summed E-state index contributed by atoms with van der Waals surface area (Å²) in [5, 5.41) is 19.6. The number of phenols is 1. The third kappa shape index (κ3) is 2.99. The van der Waals surface area contributed by atoms with Crippen molar-refractivity contribution in [2.24, 2.45) is 5.73 Å². The van der Waals surface area contributed by atoms with Gasteiger partial charge in [-0.15, -0.1) is 0 Å². The minimum atomic E-state index is -0.0746. The van der Waals surface area contributed by atoms with E-state index in [0.717, 1.165) is 29.4 Å². The molecular formula is C20H20ClN3O2. The minimum Gasteiger partial charge on any atom is -0.504 e. The molecule has 134 valence electrons. The van der Waals surface area contributed by atoms with E-state index in [1.54, 1.807) is 18.2 Å². The van der Waals surface area contributed by atoms with E-state index in [1.807, 2.05) is 18.2 Å². The average molecular weight is 370 g/mol. The number of nitrogens with two attached hydrogens (primary N) is 1. The highest BCUT2D eigenvalue weighted by Crippen LogP contribution is 2.39. The van der Waals surface area contributed by atoms with E-state index >= 15 is 0 Å². The van der Waals surface area contributed by atoms with Gasteiger partial charge >= 0.3 is 0 Å². The standard InChI is InChI=1S/C20H20ClN3O2/c21-15-10-16-11(8-14(15)20(22)23)9-17(24-16)13-6-3-7-18(19(13)25)26-12-4-1-2-5-12/h3,6-10,12,24-25H,1-2,4-5H2,(H3,22,23). The third-order valence-electron chi connectivity index (χ3n) is 4.88. The van der Waals surface area contributed by atoms with Crippen molar-refractivity contribution >= 4 is 28.3 Å². The summed E-state index contributed by atoms with van der Waals surface area (Å²) in [5.74, 6) is 0.564. The van der Waals surface area contributed by atoms with Crippen molar-refractivity contribution in [2.45, 2.75) is 31.8 Å². The number of amidine groups is 1. The molecule has 0 amide bonds. The molecule has 1 saturated carbocycles. The van der Waals surface area contributed by atoms with Crippen LogP contribution in [0, 0.1) is 5.41 Å². The summed E-state index contributed by atoms with van der Waals surface area (Å²) in [7, 11) is 0. The van der Waals surface area contributed by atoms with Crippen LogP contribution in [0.4, 0.5) is 0 Å². The predicted octanol–water partition coefficient (Wildman–Crippen LogP) is 4.80. The normalized spacial score (nSPS) is 14.8. The van der Waals surface area contributed by atoms with Gasteiger partial charge in [-0.2, -0.15) is 0 Å². The van der Waals surface area contributed by atoms with E-state index in [2.05, 4.69) is 4.98 Å². The van der Waals surface area contributed by atoms with Crippen molar-refractivity contribution in [1.82, 2.24) is 4.98 Å². The zero-order valence-corrected chi connectivity index (χ0v) is 14.9. The van der Waals surface area contributed by atoms with Crippen LogP contribution in [0.3, 0.4) is 0 Å². The van der Waals surface area contributed by atoms with Crippen LogP contribution in [-0.4, -0.2) is 22.0 Å². The Balaban J connectivity index is 1.74. The van der Waals surface area contributed by atoms with Gasteiger partial charge in [-0.1, -0.05) is 17.7 Å². The Hall–Kier alpha value is -2.66. The second kappa shape index (κ2) is 6.57. The van der Waals surface area contributed by atoms with E-state index in [1.165, 1.54) is 12.8 Å². The fourth-order valence-corrected chi connectivity index (χ4v) is 3.79. The zero-order valence-electron chi connectivity index (χ0n) is 14.2. The van der Waals surface area contributed by atoms with Gasteiger partial charge in [0, 0.05) is 22.0 Å². The highest BCUT2D eigenvalue weighted by molar-refractivity contribution is 6.34. The quantitative estimate of drug-likeness (QED) is 0.393. The first-order chi connectivity index (χ1) is 12.5. The molecule has 0 radical (unpaired) electrons. The second-order valence-corrected chi connectivity index (χ2v) is 7.10. The highest BCUT2D eigenvalue weighted by Gasteiger charge is 2.20. The van der Waals surface area contributed by atoms with Crippen LogP contribution in [0.5, 0.6) is 11.5 Å². The Morgan fingerprint density at radius 3 is 2.73 bits per heavy atom. The number of H-pyrrole nitrogens is 1. The van der Waals surface area contributed by atoms with Gasteiger partial charge in [0.05, 0.1) is 16.8 Å². The maximum absolute atomic E-state index is 10.7. The topological polar surface area (TPSA) is 95.1 Å². The Morgan fingerprint density at radius 2 is 2.00 bits per heavy atom. The number of phenolic OH excluding ortho intramolecular Hbond substituents is 1. The molecule has 0 aliphatic heterocycles. The SMILES string of the molecule is N=C(N)c1cc2cc(-c3cccc(OC4CCCC4)c3O)[nH]c2cc1Cl. The molecular weight excluding hydrogens is 350 g/mol. The molecule has 1 fully saturated rings. The van der Waals surface area contributed by atoms with Gasteiger partial charge < -0.3 is 20.6 Å². The number of benzene rings is 2. The van der Waals surface area contributed by atoms with Gasteiger partial charge in [-0.25, -0.2) is 0 Å². The molecule has 0 bridgehead atoms. The summed E-state index contributed by atoms with van der Waals surface area (Å²) in [6.45, 7) is 0. The molecule has 1 aliphatic rings. The smallest absolute Gasteiger partial charge is 0.167 e. The number of hydrogen-bond acceptors (Lipinski definition) is 3. The number of nitrogens with one attached hydrogen (secondary N) is 2. The lowest BCUT2D eigenvalue weighted by molar-refractivity contribution is 0.202. The van der Waals surface area contributed by atoms with E-state index in [0.29, 0.717) is 21.9 Å². The summed E-state index contributed by atoms with van der Waals surface area (Å²) in [4.78, 5) is 3.27. The van der Waals surface area contributed by atoms with Gasteiger partial charge in [-0.3, -0.25) is 5.41 Å². The van der Waals surface area contributed by atoms with Crippen LogP contribution in [0.1, 0.15) is 31.2 Å². The van der Waals surface area contributed by atoms with Crippen LogP contribution in [0.25, 0.3) is 22.2 Å². The minimum absolute atomic E-state index is 0.0746. The summed E-state index contributed by atoms with van der Waals surface area (Å²) in [5.41, 5.74) is 8.31.